The minimum absolute atomic E-state index is 0.198. The van der Waals surface area contributed by atoms with Gasteiger partial charge in [0.2, 0.25) is 10.0 Å². The van der Waals surface area contributed by atoms with Crippen LogP contribution in [0.1, 0.15) is 11.1 Å². The molecule has 0 aliphatic carbocycles. The Hall–Kier alpha value is -2.10. The fraction of sp³-hybridized carbons (Fsp3) is 0.294. The molecule has 0 aliphatic heterocycles. The van der Waals surface area contributed by atoms with E-state index in [1.165, 1.54) is 50.4 Å². The molecule has 2 aromatic rings. The van der Waals surface area contributed by atoms with Crippen LogP contribution >= 0.6 is 0 Å². The zero-order valence-corrected chi connectivity index (χ0v) is 14.9. The fourth-order valence-electron chi connectivity index (χ4n) is 2.41. The highest BCUT2D eigenvalue weighted by molar-refractivity contribution is 7.89. The van der Waals surface area contributed by atoms with Crippen LogP contribution < -0.4 is 9.46 Å². The van der Waals surface area contributed by atoms with Gasteiger partial charge in [0.05, 0.1) is 18.6 Å². The standard InChI is InChI=1S/C17H18F3NO4S/c1-12-10-14(25-2)8-9-15(12)26(23,24)21-11-16(22,17(18,19)20)13-6-4-3-5-7-13/h3-10,21-22H,11H2,1-2H3/t16-/m0/s1. The van der Waals surface area contributed by atoms with E-state index in [4.69, 9.17) is 4.74 Å². The molecule has 2 aromatic carbocycles. The first-order valence-electron chi connectivity index (χ1n) is 7.50. The molecule has 0 saturated heterocycles. The van der Waals surface area contributed by atoms with Gasteiger partial charge in [-0.3, -0.25) is 0 Å². The second-order valence-corrected chi connectivity index (χ2v) is 7.42. The third-order valence-electron chi connectivity index (χ3n) is 3.91. The van der Waals surface area contributed by atoms with Crippen molar-refractivity contribution in [2.75, 3.05) is 13.7 Å². The number of aryl methyl sites for hydroxylation is 1. The summed E-state index contributed by atoms with van der Waals surface area (Å²) in [6.07, 6.45) is -5.08. The van der Waals surface area contributed by atoms with Crippen molar-refractivity contribution in [2.24, 2.45) is 0 Å². The molecule has 26 heavy (non-hydrogen) atoms. The van der Waals surface area contributed by atoms with Crippen molar-refractivity contribution in [1.29, 1.82) is 0 Å². The average molecular weight is 389 g/mol. The number of hydrogen-bond donors (Lipinski definition) is 2. The van der Waals surface area contributed by atoms with Crippen LogP contribution in [0.4, 0.5) is 13.2 Å². The van der Waals surface area contributed by atoms with Crippen molar-refractivity contribution < 1.29 is 31.4 Å². The Balaban J connectivity index is 2.34. The smallest absolute Gasteiger partial charge is 0.422 e. The van der Waals surface area contributed by atoms with Gasteiger partial charge in [0.15, 0.2) is 5.60 Å². The van der Waals surface area contributed by atoms with Crippen molar-refractivity contribution in [3.8, 4) is 5.75 Å². The number of alkyl halides is 3. The van der Waals surface area contributed by atoms with Crippen LogP contribution in [0.2, 0.25) is 0 Å². The predicted molar refractivity (Wildman–Crippen MR) is 89.3 cm³/mol. The molecule has 0 bridgehead atoms. The molecule has 0 aromatic heterocycles. The summed E-state index contributed by atoms with van der Waals surface area (Å²) >= 11 is 0. The quantitative estimate of drug-likeness (QED) is 0.797. The summed E-state index contributed by atoms with van der Waals surface area (Å²) in [7, 11) is -2.88. The first-order valence-corrected chi connectivity index (χ1v) is 8.98. The lowest BCUT2D eigenvalue weighted by molar-refractivity contribution is -0.263. The highest BCUT2D eigenvalue weighted by Gasteiger charge is 2.55. The molecule has 9 heteroatoms. The first kappa shape index (κ1) is 20.2. The average Bonchev–Trinajstić information content (AvgIpc) is 2.59. The number of rotatable bonds is 6. The molecule has 0 unspecified atom stereocenters. The van der Waals surface area contributed by atoms with Crippen LogP contribution in [0.25, 0.3) is 0 Å². The van der Waals surface area contributed by atoms with Gasteiger partial charge < -0.3 is 9.84 Å². The summed E-state index contributed by atoms with van der Waals surface area (Å²) in [5, 5.41) is 10.2. The van der Waals surface area contributed by atoms with E-state index in [0.717, 1.165) is 12.1 Å². The van der Waals surface area contributed by atoms with Crippen molar-refractivity contribution in [3.05, 3.63) is 59.7 Å². The van der Waals surface area contributed by atoms with Crippen LogP contribution in [0, 0.1) is 6.92 Å². The van der Waals surface area contributed by atoms with E-state index in [1.807, 2.05) is 4.72 Å². The second-order valence-electron chi connectivity index (χ2n) is 5.68. The summed E-state index contributed by atoms with van der Waals surface area (Å²) in [5.74, 6) is 0.414. The summed E-state index contributed by atoms with van der Waals surface area (Å²) < 4.78 is 72.0. The Kier molecular flexibility index (Phi) is 5.64. The largest absolute Gasteiger partial charge is 0.497 e. The molecule has 0 heterocycles. The molecule has 0 fully saturated rings. The summed E-state index contributed by atoms with van der Waals surface area (Å²) in [6.45, 7) is 0.235. The van der Waals surface area contributed by atoms with Crippen molar-refractivity contribution >= 4 is 10.0 Å². The minimum atomic E-state index is -5.08. The highest BCUT2D eigenvalue weighted by atomic mass is 32.2. The number of aliphatic hydroxyl groups is 1. The number of hydrogen-bond acceptors (Lipinski definition) is 4. The molecule has 142 valence electrons. The topological polar surface area (TPSA) is 75.6 Å². The van der Waals surface area contributed by atoms with E-state index in [9.17, 15) is 26.7 Å². The number of ether oxygens (including phenoxy) is 1. The first-order chi connectivity index (χ1) is 12.0. The third kappa shape index (κ3) is 4.00. The van der Waals surface area contributed by atoms with E-state index in [1.54, 1.807) is 0 Å². The summed E-state index contributed by atoms with van der Waals surface area (Å²) in [4.78, 5) is -0.198. The van der Waals surface area contributed by atoms with Gasteiger partial charge in [0.1, 0.15) is 5.75 Å². The molecule has 5 nitrogen and oxygen atoms in total. The Labute approximate surface area is 149 Å². The van der Waals surface area contributed by atoms with Crippen molar-refractivity contribution in [1.82, 2.24) is 4.72 Å². The molecule has 0 aliphatic rings. The summed E-state index contributed by atoms with van der Waals surface area (Å²) in [6, 6.07) is 10.4. The number of halogens is 3. The molecular weight excluding hydrogens is 371 g/mol. The maximum atomic E-state index is 13.4. The van der Waals surface area contributed by atoms with Gasteiger partial charge in [0.25, 0.3) is 0 Å². The van der Waals surface area contributed by atoms with Gasteiger partial charge in [-0.05, 0) is 36.2 Å². The Bertz CT molecular complexity index is 869. The van der Waals surface area contributed by atoms with Crippen LogP contribution in [0.5, 0.6) is 5.75 Å². The Morgan fingerprint density at radius 3 is 2.23 bits per heavy atom. The lowest BCUT2D eigenvalue weighted by atomic mass is 9.93. The van der Waals surface area contributed by atoms with E-state index < -0.39 is 33.9 Å². The van der Waals surface area contributed by atoms with Crippen LogP contribution in [0.15, 0.2) is 53.4 Å². The minimum Gasteiger partial charge on any atom is -0.497 e. The molecule has 1 atom stereocenters. The molecular formula is C17H18F3NO4S. The van der Waals surface area contributed by atoms with Crippen LogP contribution in [-0.4, -0.2) is 33.4 Å². The maximum absolute atomic E-state index is 13.4. The molecule has 2 rings (SSSR count). The normalized spacial score (nSPS) is 14.7. The zero-order chi connectivity index (χ0) is 19.6. The number of sulfonamides is 1. The molecule has 2 N–H and O–H groups in total. The van der Waals surface area contributed by atoms with E-state index >= 15 is 0 Å². The van der Waals surface area contributed by atoms with Gasteiger partial charge >= 0.3 is 6.18 Å². The van der Waals surface area contributed by atoms with Gasteiger partial charge in [-0.2, -0.15) is 13.2 Å². The second kappa shape index (κ2) is 7.26. The number of nitrogens with one attached hydrogen (secondary N) is 1. The molecule has 0 saturated carbocycles. The third-order valence-corrected chi connectivity index (χ3v) is 5.47. The molecule has 0 radical (unpaired) electrons. The van der Waals surface area contributed by atoms with Crippen molar-refractivity contribution in [2.45, 2.75) is 23.6 Å². The Morgan fingerprint density at radius 1 is 1.12 bits per heavy atom. The molecule has 0 amide bonds. The van der Waals surface area contributed by atoms with Crippen LogP contribution in [0.3, 0.4) is 0 Å². The number of benzene rings is 2. The monoisotopic (exact) mass is 389 g/mol. The fourth-order valence-corrected chi connectivity index (χ4v) is 3.69. The SMILES string of the molecule is COc1ccc(S(=O)(=O)NC[C@](O)(c2ccccc2)C(F)(F)F)c(C)c1. The van der Waals surface area contributed by atoms with E-state index in [0.29, 0.717) is 11.3 Å². The Morgan fingerprint density at radius 2 is 1.73 bits per heavy atom. The van der Waals surface area contributed by atoms with Crippen LogP contribution in [-0.2, 0) is 15.6 Å². The van der Waals surface area contributed by atoms with Gasteiger partial charge in [0, 0.05) is 0 Å². The maximum Gasteiger partial charge on any atom is 0.422 e. The lowest BCUT2D eigenvalue weighted by Crippen LogP contribution is -2.51. The predicted octanol–water partition coefficient (Wildman–Crippen LogP) is 2.73. The highest BCUT2D eigenvalue weighted by Crippen LogP contribution is 2.38. The lowest BCUT2D eigenvalue weighted by Gasteiger charge is -2.31. The van der Waals surface area contributed by atoms with E-state index in [2.05, 4.69) is 0 Å². The van der Waals surface area contributed by atoms with E-state index in [-0.39, 0.29) is 4.90 Å². The zero-order valence-electron chi connectivity index (χ0n) is 14.0. The van der Waals surface area contributed by atoms with Crippen molar-refractivity contribution in [3.63, 3.8) is 0 Å². The van der Waals surface area contributed by atoms with Gasteiger partial charge in [-0.25, -0.2) is 13.1 Å². The van der Waals surface area contributed by atoms with Gasteiger partial charge in [-0.15, -0.1) is 0 Å². The van der Waals surface area contributed by atoms with Gasteiger partial charge in [-0.1, -0.05) is 30.3 Å². The molecule has 0 spiro atoms. The number of methoxy groups -OCH3 is 1. The summed E-state index contributed by atoms with van der Waals surface area (Å²) in [5.41, 5.74) is -3.52.